The number of halogens is 2. The molecule has 4 rings (SSSR count). The van der Waals surface area contributed by atoms with Gasteiger partial charge in [-0.1, -0.05) is 72.6 Å². The lowest BCUT2D eigenvalue weighted by Gasteiger charge is -2.34. The fraction of sp³-hybridized carbons (Fsp3) is 0.297. The summed E-state index contributed by atoms with van der Waals surface area (Å²) < 4.78 is 46.3. The van der Waals surface area contributed by atoms with E-state index in [1.807, 2.05) is 44.2 Å². The minimum absolute atomic E-state index is 0.0155. The molecule has 2 amide bonds. The first-order valence-corrected chi connectivity index (χ1v) is 18.1. The molecule has 0 aliphatic heterocycles. The van der Waals surface area contributed by atoms with Gasteiger partial charge in [0.15, 0.2) is 11.5 Å². The van der Waals surface area contributed by atoms with E-state index in [-0.39, 0.29) is 52.0 Å². The van der Waals surface area contributed by atoms with Crippen LogP contribution >= 0.6 is 23.2 Å². The van der Waals surface area contributed by atoms with Crippen LogP contribution in [0.4, 0.5) is 5.69 Å². The van der Waals surface area contributed by atoms with Crippen molar-refractivity contribution in [1.29, 1.82) is 0 Å². The summed E-state index contributed by atoms with van der Waals surface area (Å²) in [5.74, 6) is -0.371. The van der Waals surface area contributed by atoms with Crippen LogP contribution in [-0.4, -0.2) is 65.1 Å². The van der Waals surface area contributed by atoms with Crippen molar-refractivity contribution >= 4 is 50.7 Å². The Labute approximate surface area is 303 Å². The summed E-state index contributed by atoms with van der Waals surface area (Å²) in [6, 6.07) is 23.6. The number of benzene rings is 4. The molecule has 0 spiro atoms. The SMILES string of the molecule is CCC(C)NC(=O)C(Cc1ccccc1)N(Cc1ccc(Cl)cc1)C(=O)CN(c1cc(Cl)ccc1OC)S(=O)(=O)c1ccc(OC)c(OC)c1. The second kappa shape index (κ2) is 17.5. The first-order chi connectivity index (χ1) is 23.9. The molecule has 2 unspecified atom stereocenters. The fourth-order valence-electron chi connectivity index (χ4n) is 5.26. The standard InChI is InChI=1S/C37H41Cl2N3O7S/c1-6-25(2)40-37(44)32(20-26-10-8-7-9-11-26)41(23-27-12-14-28(38)15-13-27)36(43)24-42(31-21-29(39)16-18-33(31)47-3)50(45,46)30-17-19-34(48-4)35(22-30)49-5/h7-19,21-22,25,32H,6,20,23-24H2,1-5H3,(H,40,44). The number of nitrogens with one attached hydrogen (secondary N) is 1. The van der Waals surface area contributed by atoms with Gasteiger partial charge in [0.2, 0.25) is 11.8 Å². The highest BCUT2D eigenvalue weighted by molar-refractivity contribution is 7.92. The summed E-state index contributed by atoms with van der Waals surface area (Å²) >= 11 is 12.6. The van der Waals surface area contributed by atoms with Crippen LogP contribution < -0.4 is 23.8 Å². The Morgan fingerprint density at radius 1 is 0.780 bits per heavy atom. The zero-order valence-corrected chi connectivity index (χ0v) is 30.9. The van der Waals surface area contributed by atoms with Crippen LogP contribution in [0, 0.1) is 0 Å². The molecule has 4 aromatic rings. The van der Waals surface area contributed by atoms with Crippen molar-refractivity contribution in [1.82, 2.24) is 10.2 Å². The molecule has 1 N–H and O–H groups in total. The molecule has 0 aliphatic carbocycles. The second-order valence-electron chi connectivity index (χ2n) is 11.5. The molecule has 0 heterocycles. The van der Waals surface area contributed by atoms with Crippen molar-refractivity contribution in [2.75, 3.05) is 32.2 Å². The highest BCUT2D eigenvalue weighted by Crippen LogP contribution is 2.37. The van der Waals surface area contributed by atoms with Crippen LogP contribution in [0.1, 0.15) is 31.4 Å². The highest BCUT2D eigenvalue weighted by atomic mass is 35.5. The van der Waals surface area contributed by atoms with Gasteiger partial charge in [-0.2, -0.15) is 0 Å². The smallest absolute Gasteiger partial charge is 0.265 e. The van der Waals surface area contributed by atoms with Gasteiger partial charge in [-0.05, 0) is 66.9 Å². The average molecular weight is 743 g/mol. The molecule has 0 aromatic heterocycles. The molecule has 50 heavy (non-hydrogen) atoms. The second-order valence-corrected chi connectivity index (χ2v) is 14.3. The lowest BCUT2D eigenvalue weighted by Crippen LogP contribution is -2.54. The van der Waals surface area contributed by atoms with Crippen molar-refractivity contribution in [2.24, 2.45) is 0 Å². The molecular weight excluding hydrogens is 701 g/mol. The molecule has 0 radical (unpaired) electrons. The third kappa shape index (κ3) is 9.41. The van der Waals surface area contributed by atoms with E-state index in [9.17, 15) is 18.0 Å². The molecule has 0 saturated carbocycles. The van der Waals surface area contributed by atoms with E-state index in [0.717, 1.165) is 9.87 Å². The van der Waals surface area contributed by atoms with Gasteiger partial charge in [0, 0.05) is 35.1 Å². The first-order valence-electron chi connectivity index (χ1n) is 15.9. The molecule has 10 nitrogen and oxygen atoms in total. The number of hydrogen-bond donors (Lipinski definition) is 1. The number of methoxy groups -OCH3 is 3. The van der Waals surface area contributed by atoms with E-state index in [4.69, 9.17) is 37.4 Å². The number of anilines is 1. The Hall–Kier alpha value is -4.45. The summed E-state index contributed by atoms with van der Waals surface area (Å²) in [4.78, 5) is 30.0. The van der Waals surface area contributed by atoms with E-state index in [1.165, 1.54) is 56.6 Å². The number of rotatable bonds is 16. The Morgan fingerprint density at radius 2 is 1.40 bits per heavy atom. The number of carbonyl (C=O) groups excluding carboxylic acids is 2. The van der Waals surface area contributed by atoms with Gasteiger partial charge >= 0.3 is 0 Å². The van der Waals surface area contributed by atoms with E-state index in [1.54, 1.807) is 30.3 Å². The van der Waals surface area contributed by atoms with Crippen LogP contribution in [0.2, 0.25) is 10.0 Å². The van der Waals surface area contributed by atoms with Gasteiger partial charge in [-0.25, -0.2) is 8.42 Å². The maximum absolute atomic E-state index is 14.8. The number of carbonyl (C=O) groups is 2. The molecule has 0 bridgehead atoms. The Morgan fingerprint density at radius 3 is 2.02 bits per heavy atom. The van der Waals surface area contributed by atoms with Crippen LogP contribution in [0.15, 0.2) is 95.9 Å². The topological polar surface area (TPSA) is 114 Å². The maximum Gasteiger partial charge on any atom is 0.265 e. The van der Waals surface area contributed by atoms with E-state index in [2.05, 4.69) is 5.32 Å². The Bertz CT molecular complexity index is 1880. The first kappa shape index (κ1) is 38.4. The largest absolute Gasteiger partial charge is 0.495 e. The number of amides is 2. The third-order valence-corrected chi connectivity index (χ3v) is 10.4. The van der Waals surface area contributed by atoms with E-state index in [0.29, 0.717) is 22.8 Å². The number of hydrogen-bond acceptors (Lipinski definition) is 7. The summed E-state index contributed by atoms with van der Waals surface area (Å²) in [6.07, 6.45) is 0.839. The minimum Gasteiger partial charge on any atom is -0.495 e. The van der Waals surface area contributed by atoms with E-state index >= 15 is 0 Å². The number of nitrogens with zero attached hydrogens (tertiary/aromatic N) is 2. The van der Waals surface area contributed by atoms with Crippen molar-refractivity contribution in [3.05, 3.63) is 112 Å². The number of sulfonamides is 1. The Kier molecular flexibility index (Phi) is 13.4. The average Bonchev–Trinajstić information content (AvgIpc) is 3.12. The van der Waals surface area contributed by atoms with Crippen molar-refractivity contribution in [2.45, 2.75) is 50.2 Å². The quantitative estimate of drug-likeness (QED) is 0.135. The predicted octanol–water partition coefficient (Wildman–Crippen LogP) is 6.77. The van der Waals surface area contributed by atoms with Crippen molar-refractivity contribution in [3.8, 4) is 17.2 Å². The predicted molar refractivity (Wildman–Crippen MR) is 196 cm³/mol. The van der Waals surface area contributed by atoms with Gasteiger partial charge in [-0.3, -0.25) is 13.9 Å². The van der Waals surface area contributed by atoms with Gasteiger partial charge < -0.3 is 24.4 Å². The molecule has 0 aliphatic rings. The van der Waals surface area contributed by atoms with Crippen molar-refractivity contribution in [3.63, 3.8) is 0 Å². The van der Waals surface area contributed by atoms with E-state index < -0.39 is 28.5 Å². The lowest BCUT2D eigenvalue weighted by atomic mass is 10.0. The van der Waals surface area contributed by atoms with Crippen LogP contribution in [0.3, 0.4) is 0 Å². The van der Waals surface area contributed by atoms with Gasteiger partial charge in [-0.15, -0.1) is 0 Å². The summed E-state index contributed by atoms with van der Waals surface area (Å²) in [6.45, 7) is 3.11. The molecular formula is C37H41Cl2N3O7S. The molecule has 0 fully saturated rings. The lowest BCUT2D eigenvalue weighted by molar-refractivity contribution is -0.140. The van der Waals surface area contributed by atoms with Crippen LogP contribution in [0.5, 0.6) is 17.2 Å². The van der Waals surface area contributed by atoms with Gasteiger partial charge in [0.25, 0.3) is 10.0 Å². The van der Waals surface area contributed by atoms with Crippen molar-refractivity contribution < 1.29 is 32.2 Å². The summed E-state index contributed by atoms with van der Waals surface area (Å²) in [7, 11) is -0.288. The van der Waals surface area contributed by atoms with Crippen LogP contribution in [-0.2, 0) is 32.6 Å². The van der Waals surface area contributed by atoms with Crippen LogP contribution in [0.25, 0.3) is 0 Å². The molecule has 4 aromatic carbocycles. The molecule has 266 valence electrons. The Balaban J connectivity index is 1.88. The summed E-state index contributed by atoms with van der Waals surface area (Å²) in [5.41, 5.74) is 1.53. The minimum atomic E-state index is -4.50. The number of ether oxygens (including phenoxy) is 3. The van der Waals surface area contributed by atoms with Gasteiger partial charge in [0.05, 0.1) is 31.9 Å². The maximum atomic E-state index is 14.8. The monoisotopic (exact) mass is 741 g/mol. The normalized spacial score (nSPS) is 12.4. The van der Waals surface area contributed by atoms with Gasteiger partial charge in [0.1, 0.15) is 18.3 Å². The fourth-order valence-corrected chi connectivity index (χ4v) is 6.98. The molecule has 0 saturated heterocycles. The molecule has 2 atom stereocenters. The zero-order valence-electron chi connectivity index (χ0n) is 28.6. The zero-order chi connectivity index (χ0) is 36.4. The third-order valence-electron chi connectivity index (χ3n) is 8.17. The highest BCUT2D eigenvalue weighted by Gasteiger charge is 2.36. The molecule has 13 heteroatoms. The summed E-state index contributed by atoms with van der Waals surface area (Å²) in [5, 5.41) is 3.74.